The second-order valence-corrected chi connectivity index (χ2v) is 7.38. The Morgan fingerprint density at radius 3 is 2.38 bits per heavy atom. The molecule has 2 N–H and O–H groups in total. The van der Waals surface area contributed by atoms with Crippen LogP contribution >= 0.6 is 0 Å². The maximum absolute atomic E-state index is 12.0. The van der Waals surface area contributed by atoms with Gasteiger partial charge in [-0.2, -0.15) is 0 Å². The molecule has 1 aromatic rings. The summed E-state index contributed by atoms with van der Waals surface area (Å²) in [5.41, 5.74) is 0.846. The molecule has 0 unspecified atom stereocenters. The maximum Gasteiger partial charge on any atom is 0.227 e. The number of hydrogen-bond acceptors (Lipinski definition) is 3. The third kappa shape index (κ3) is 5.73. The molecule has 0 bridgehead atoms. The van der Waals surface area contributed by atoms with Crippen LogP contribution in [0.4, 0.5) is 0 Å². The molecule has 1 aliphatic rings. The van der Waals surface area contributed by atoms with Crippen molar-refractivity contribution in [1.82, 2.24) is 20.4 Å². The molecule has 0 aromatic heterocycles. The van der Waals surface area contributed by atoms with Crippen LogP contribution in [0.25, 0.3) is 0 Å². The summed E-state index contributed by atoms with van der Waals surface area (Å²) in [5, 5.41) is 6.09. The zero-order chi connectivity index (χ0) is 19.0. The van der Waals surface area contributed by atoms with E-state index in [1.54, 1.807) is 7.05 Å². The summed E-state index contributed by atoms with van der Waals surface area (Å²) in [6.45, 7) is 12.1. The Labute approximate surface area is 157 Å². The van der Waals surface area contributed by atoms with Crippen LogP contribution < -0.4 is 10.6 Å². The van der Waals surface area contributed by atoms with Crippen molar-refractivity contribution in [3.05, 3.63) is 35.9 Å². The molecule has 0 saturated carbocycles. The number of hydrogen-bond donors (Lipinski definition) is 2. The zero-order valence-electron chi connectivity index (χ0n) is 16.6. The van der Waals surface area contributed by atoms with Gasteiger partial charge in [-0.25, -0.2) is 0 Å². The largest absolute Gasteiger partial charge is 0.359 e. The molecule has 0 atom stereocenters. The van der Waals surface area contributed by atoms with Gasteiger partial charge in [-0.1, -0.05) is 30.3 Å². The van der Waals surface area contributed by atoms with Crippen molar-refractivity contribution < 1.29 is 4.79 Å². The SMILES string of the molecule is CCNC(=NCC(C)(C)C(=O)NC)N1CCN(Cc2ccccc2)CC1. The predicted octanol–water partition coefficient (Wildman–Crippen LogP) is 1.54. The van der Waals surface area contributed by atoms with E-state index in [2.05, 4.69) is 57.7 Å². The molecule has 144 valence electrons. The van der Waals surface area contributed by atoms with E-state index in [4.69, 9.17) is 4.99 Å². The molecule has 1 amide bonds. The average Bonchev–Trinajstić information content (AvgIpc) is 2.66. The lowest BCUT2D eigenvalue weighted by Gasteiger charge is -2.37. The molecule has 0 radical (unpaired) electrons. The van der Waals surface area contributed by atoms with Crippen molar-refractivity contribution in [2.24, 2.45) is 10.4 Å². The summed E-state index contributed by atoms with van der Waals surface area (Å²) in [7, 11) is 1.67. The minimum absolute atomic E-state index is 0.0183. The zero-order valence-corrected chi connectivity index (χ0v) is 16.6. The Balaban J connectivity index is 1.92. The number of carbonyl (C=O) groups excluding carboxylic acids is 1. The lowest BCUT2D eigenvalue weighted by molar-refractivity contribution is -0.128. The molecule has 2 rings (SSSR count). The number of carbonyl (C=O) groups is 1. The summed E-state index contributed by atoms with van der Waals surface area (Å²) in [5.74, 6) is 0.925. The van der Waals surface area contributed by atoms with Crippen molar-refractivity contribution in [2.75, 3.05) is 46.3 Å². The summed E-state index contributed by atoms with van der Waals surface area (Å²) in [6.07, 6.45) is 0. The molecule has 1 heterocycles. The van der Waals surface area contributed by atoms with E-state index >= 15 is 0 Å². The van der Waals surface area contributed by atoms with Gasteiger partial charge in [-0.15, -0.1) is 0 Å². The highest BCUT2D eigenvalue weighted by molar-refractivity contribution is 5.83. The highest BCUT2D eigenvalue weighted by Crippen LogP contribution is 2.16. The first kappa shape index (κ1) is 20.2. The van der Waals surface area contributed by atoms with E-state index in [9.17, 15) is 4.79 Å². The van der Waals surface area contributed by atoms with Crippen LogP contribution in [0.1, 0.15) is 26.3 Å². The minimum atomic E-state index is -0.509. The molecule has 6 nitrogen and oxygen atoms in total. The maximum atomic E-state index is 12.0. The van der Waals surface area contributed by atoms with Gasteiger partial charge >= 0.3 is 0 Å². The lowest BCUT2D eigenvalue weighted by atomic mass is 9.93. The topological polar surface area (TPSA) is 60.0 Å². The van der Waals surface area contributed by atoms with Gasteiger partial charge in [0.2, 0.25) is 5.91 Å². The number of amides is 1. The highest BCUT2D eigenvalue weighted by Gasteiger charge is 2.27. The van der Waals surface area contributed by atoms with Gasteiger partial charge in [0.1, 0.15) is 0 Å². The van der Waals surface area contributed by atoms with Crippen LogP contribution in [0.5, 0.6) is 0 Å². The van der Waals surface area contributed by atoms with Gasteiger partial charge in [-0.05, 0) is 26.3 Å². The van der Waals surface area contributed by atoms with Crippen molar-refractivity contribution in [2.45, 2.75) is 27.3 Å². The van der Waals surface area contributed by atoms with Crippen molar-refractivity contribution >= 4 is 11.9 Å². The normalized spacial score (nSPS) is 16.5. The molecular weight excluding hydrogens is 326 g/mol. The number of benzene rings is 1. The Morgan fingerprint density at radius 2 is 1.81 bits per heavy atom. The molecule has 6 heteroatoms. The lowest BCUT2D eigenvalue weighted by Crippen LogP contribution is -2.52. The van der Waals surface area contributed by atoms with E-state index in [-0.39, 0.29) is 5.91 Å². The third-order valence-electron chi connectivity index (χ3n) is 4.72. The molecule has 1 fully saturated rings. The van der Waals surface area contributed by atoms with Crippen LogP contribution in [0.3, 0.4) is 0 Å². The number of guanidine groups is 1. The summed E-state index contributed by atoms with van der Waals surface area (Å²) < 4.78 is 0. The van der Waals surface area contributed by atoms with Gasteiger partial charge < -0.3 is 15.5 Å². The molecule has 26 heavy (non-hydrogen) atoms. The van der Waals surface area contributed by atoms with E-state index in [1.165, 1.54) is 5.56 Å². The Kier molecular flexibility index (Phi) is 7.45. The Bertz CT molecular complexity index is 591. The van der Waals surface area contributed by atoms with Crippen molar-refractivity contribution in [3.63, 3.8) is 0 Å². The number of nitrogens with zero attached hydrogens (tertiary/aromatic N) is 3. The monoisotopic (exact) mass is 359 g/mol. The first-order chi connectivity index (χ1) is 12.5. The Hall–Kier alpha value is -2.08. The fourth-order valence-electron chi connectivity index (χ4n) is 3.07. The van der Waals surface area contributed by atoms with Gasteiger partial charge in [0.25, 0.3) is 0 Å². The molecule has 1 aliphatic heterocycles. The van der Waals surface area contributed by atoms with Gasteiger partial charge in [0.15, 0.2) is 5.96 Å². The van der Waals surface area contributed by atoms with E-state index in [0.717, 1.165) is 45.2 Å². The van der Waals surface area contributed by atoms with Crippen LogP contribution in [-0.4, -0.2) is 68.0 Å². The Morgan fingerprint density at radius 1 is 1.15 bits per heavy atom. The standard InChI is InChI=1S/C20H33N5O/c1-5-22-19(23-16-20(2,3)18(26)21-4)25-13-11-24(12-14-25)15-17-9-7-6-8-10-17/h6-10H,5,11-16H2,1-4H3,(H,21,26)(H,22,23). The fourth-order valence-corrected chi connectivity index (χ4v) is 3.07. The van der Waals surface area contributed by atoms with Crippen LogP contribution in [0, 0.1) is 5.41 Å². The van der Waals surface area contributed by atoms with Crippen LogP contribution in [0.2, 0.25) is 0 Å². The first-order valence-electron chi connectivity index (χ1n) is 9.48. The summed E-state index contributed by atoms with van der Waals surface area (Å²) in [6, 6.07) is 10.6. The number of piperazine rings is 1. The highest BCUT2D eigenvalue weighted by atomic mass is 16.2. The van der Waals surface area contributed by atoms with Gasteiger partial charge in [-0.3, -0.25) is 14.7 Å². The number of rotatable bonds is 6. The number of nitrogens with one attached hydrogen (secondary N) is 2. The first-order valence-corrected chi connectivity index (χ1v) is 9.48. The molecule has 0 aliphatic carbocycles. The smallest absolute Gasteiger partial charge is 0.227 e. The predicted molar refractivity (Wildman–Crippen MR) is 107 cm³/mol. The van der Waals surface area contributed by atoms with Crippen molar-refractivity contribution in [1.29, 1.82) is 0 Å². The van der Waals surface area contributed by atoms with Gasteiger partial charge in [0.05, 0.1) is 12.0 Å². The average molecular weight is 360 g/mol. The molecular formula is C20H33N5O. The summed E-state index contributed by atoms with van der Waals surface area (Å²) in [4.78, 5) is 21.5. The molecule has 0 spiro atoms. The third-order valence-corrected chi connectivity index (χ3v) is 4.72. The second-order valence-electron chi connectivity index (χ2n) is 7.38. The summed E-state index contributed by atoms with van der Waals surface area (Å²) >= 11 is 0. The quantitative estimate of drug-likeness (QED) is 0.598. The molecule has 1 aromatic carbocycles. The van der Waals surface area contributed by atoms with Crippen LogP contribution in [0.15, 0.2) is 35.3 Å². The van der Waals surface area contributed by atoms with E-state index in [1.807, 2.05) is 13.8 Å². The number of aliphatic imine (C=N–C) groups is 1. The molecule has 1 saturated heterocycles. The van der Waals surface area contributed by atoms with E-state index in [0.29, 0.717) is 6.54 Å². The second kappa shape index (κ2) is 9.57. The minimum Gasteiger partial charge on any atom is -0.359 e. The fraction of sp³-hybridized carbons (Fsp3) is 0.600. The van der Waals surface area contributed by atoms with E-state index < -0.39 is 5.41 Å². The van der Waals surface area contributed by atoms with Crippen molar-refractivity contribution in [3.8, 4) is 0 Å². The van der Waals surface area contributed by atoms with Gasteiger partial charge in [0, 0.05) is 46.3 Å². The van der Waals surface area contributed by atoms with Crippen LogP contribution in [-0.2, 0) is 11.3 Å².